The second-order valence-corrected chi connectivity index (χ2v) is 9.74. The van der Waals surface area contributed by atoms with Crippen molar-refractivity contribution in [1.29, 1.82) is 0 Å². The van der Waals surface area contributed by atoms with Gasteiger partial charge in [-0.1, -0.05) is 49.4 Å². The number of fused-ring (bicyclic) bond motifs is 1. The molecule has 1 aliphatic heterocycles. The van der Waals surface area contributed by atoms with E-state index < -0.39 is 12.0 Å². The highest BCUT2D eigenvalue weighted by atomic mass is 32.1. The summed E-state index contributed by atoms with van der Waals surface area (Å²) in [6, 6.07) is 12.7. The molecule has 0 spiro atoms. The fraction of sp³-hybridized carbons (Fsp3) is 0.321. The van der Waals surface area contributed by atoms with Crippen LogP contribution in [0.2, 0.25) is 0 Å². The van der Waals surface area contributed by atoms with Crippen LogP contribution in [-0.2, 0) is 9.53 Å². The van der Waals surface area contributed by atoms with E-state index in [1.54, 1.807) is 50.8 Å². The first-order chi connectivity index (χ1) is 17.3. The van der Waals surface area contributed by atoms with Gasteiger partial charge in [0.15, 0.2) is 4.80 Å². The lowest BCUT2D eigenvalue weighted by atomic mass is 9.94. The predicted octanol–water partition coefficient (Wildman–Crippen LogP) is 3.94. The molecule has 0 aliphatic carbocycles. The number of hydrogen-bond donors (Lipinski definition) is 0. The van der Waals surface area contributed by atoms with Crippen molar-refractivity contribution in [1.82, 2.24) is 4.57 Å². The van der Waals surface area contributed by atoms with E-state index in [2.05, 4.69) is 31.0 Å². The third kappa shape index (κ3) is 4.73. The standard InChI is InChI=1S/C28H30N2O5S/c1-7-35-27(32)24-17(4)29-28-30(25(24)21-15-20(33-5)12-13-22(21)34-6)26(31)23(36-28)14-18-8-10-19(11-9-18)16(2)3/h8-16,25H,7H2,1-6H3/b23-14-. The van der Waals surface area contributed by atoms with Crippen LogP contribution in [0.3, 0.4) is 0 Å². The Balaban J connectivity index is 1.96. The molecule has 0 bridgehead atoms. The van der Waals surface area contributed by atoms with Crippen LogP contribution in [0.5, 0.6) is 11.5 Å². The van der Waals surface area contributed by atoms with Gasteiger partial charge < -0.3 is 14.2 Å². The topological polar surface area (TPSA) is 79.1 Å². The zero-order valence-electron chi connectivity index (χ0n) is 21.3. The Hall–Kier alpha value is -3.65. The number of benzene rings is 2. The van der Waals surface area contributed by atoms with Gasteiger partial charge in [-0.2, -0.15) is 0 Å². The third-order valence-corrected chi connectivity index (χ3v) is 7.13. The zero-order valence-corrected chi connectivity index (χ0v) is 22.1. The molecule has 0 fully saturated rings. The maximum Gasteiger partial charge on any atom is 0.338 e. The van der Waals surface area contributed by atoms with Gasteiger partial charge >= 0.3 is 5.97 Å². The van der Waals surface area contributed by atoms with Gasteiger partial charge in [-0.15, -0.1) is 0 Å². The van der Waals surface area contributed by atoms with Crippen molar-refractivity contribution < 1.29 is 19.0 Å². The van der Waals surface area contributed by atoms with Gasteiger partial charge in [-0.05, 0) is 55.2 Å². The molecule has 0 radical (unpaired) electrons. The lowest BCUT2D eigenvalue weighted by molar-refractivity contribution is -0.139. The van der Waals surface area contributed by atoms with Crippen LogP contribution in [0.4, 0.5) is 0 Å². The summed E-state index contributed by atoms with van der Waals surface area (Å²) in [5, 5.41) is 0. The molecule has 4 rings (SSSR count). The Kier molecular flexibility index (Phi) is 7.45. The largest absolute Gasteiger partial charge is 0.497 e. The number of hydrogen-bond acceptors (Lipinski definition) is 7. The smallest absolute Gasteiger partial charge is 0.338 e. The molecule has 2 aromatic carbocycles. The molecule has 1 atom stereocenters. The summed E-state index contributed by atoms with van der Waals surface area (Å²) >= 11 is 1.29. The Morgan fingerprint density at radius 1 is 1.14 bits per heavy atom. The molecule has 1 aromatic heterocycles. The number of ether oxygens (including phenoxy) is 3. The first-order valence-electron chi connectivity index (χ1n) is 11.8. The van der Waals surface area contributed by atoms with Gasteiger partial charge in [0, 0.05) is 5.56 Å². The molecular weight excluding hydrogens is 476 g/mol. The van der Waals surface area contributed by atoms with Crippen LogP contribution >= 0.6 is 11.3 Å². The molecule has 0 saturated carbocycles. The fourth-order valence-electron chi connectivity index (χ4n) is 4.27. The Morgan fingerprint density at radius 3 is 2.47 bits per heavy atom. The van der Waals surface area contributed by atoms with Gasteiger partial charge in [0.05, 0.1) is 36.6 Å². The Morgan fingerprint density at radius 2 is 1.86 bits per heavy atom. The van der Waals surface area contributed by atoms with Crippen molar-refractivity contribution in [2.75, 3.05) is 20.8 Å². The quantitative estimate of drug-likeness (QED) is 0.454. The third-order valence-electron chi connectivity index (χ3n) is 6.15. The van der Waals surface area contributed by atoms with Crippen molar-refractivity contribution in [2.24, 2.45) is 4.99 Å². The number of aromatic nitrogens is 1. The highest BCUT2D eigenvalue weighted by Gasteiger charge is 2.35. The molecule has 188 valence electrons. The molecule has 1 aliphatic rings. The van der Waals surface area contributed by atoms with Crippen molar-refractivity contribution in [2.45, 2.75) is 39.7 Å². The molecule has 0 N–H and O–H groups in total. The summed E-state index contributed by atoms with van der Waals surface area (Å²) in [5.74, 6) is 1.01. The van der Waals surface area contributed by atoms with E-state index in [0.717, 1.165) is 5.56 Å². The van der Waals surface area contributed by atoms with Gasteiger partial charge in [-0.25, -0.2) is 9.79 Å². The van der Waals surface area contributed by atoms with Crippen LogP contribution in [0, 0.1) is 0 Å². The molecular formula is C28H30N2O5S. The van der Waals surface area contributed by atoms with Crippen LogP contribution in [-0.4, -0.2) is 31.4 Å². The summed E-state index contributed by atoms with van der Waals surface area (Å²) < 4.78 is 18.5. The maximum absolute atomic E-state index is 13.8. The van der Waals surface area contributed by atoms with Crippen molar-refractivity contribution in [3.05, 3.63) is 90.1 Å². The maximum atomic E-state index is 13.8. The summed E-state index contributed by atoms with van der Waals surface area (Å²) in [4.78, 5) is 32.1. The lowest BCUT2D eigenvalue weighted by Gasteiger charge is -2.26. The van der Waals surface area contributed by atoms with E-state index in [9.17, 15) is 9.59 Å². The number of allylic oxidation sites excluding steroid dienone is 1. The number of esters is 1. The first-order valence-corrected chi connectivity index (χ1v) is 12.6. The van der Waals surface area contributed by atoms with E-state index in [4.69, 9.17) is 14.2 Å². The summed E-state index contributed by atoms with van der Waals surface area (Å²) in [5.41, 5.74) is 3.31. The number of carbonyl (C=O) groups is 1. The van der Waals surface area contributed by atoms with E-state index >= 15 is 0 Å². The van der Waals surface area contributed by atoms with Gasteiger partial charge in [-0.3, -0.25) is 9.36 Å². The fourth-order valence-corrected chi connectivity index (χ4v) is 5.31. The Bertz CT molecular complexity index is 1500. The van der Waals surface area contributed by atoms with Gasteiger partial charge in [0.1, 0.15) is 17.5 Å². The molecule has 3 aromatic rings. The van der Waals surface area contributed by atoms with E-state index in [1.165, 1.54) is 16.9 Å². The Labute approximate surface area is 214 Å². The number of carbonyl (C=O) groups excluding carboxylic acids is 1. The molecule has 1 unspecified atom stereocenters. The van der Waals surface area contributed by atoms with Crippen molar-refractivity contribution in [3.63, 3.8) is 0 Å². The summed E-state index contributed by atoms with van der Waals surface area (Å²) in [6.45, 7) is 7.99. The highest BCUT2D eigenvalue weighted by molar-refractivity contribution is 7.07. The monoisotopic (exact) mass is 506 g/mol. The van der Waals surface area contributed by atoms with Crippen LogP contribution in [0.15, 0.2) is 63.5 Å². The lowest BCUT2D eigenvalue weighted by Crippen LogP contribution is -2.40. The first kappa shape index (κ1) is 25.4. The minimum atomic E-state index is -0.782. The average molecular weight is 507 g/mol. The zero-order chi connectivity index (χ0) is 26.0. The van der Waals surface area contributed by atoms with Crippen molar-refractivity contribution in [3.8, 4) is 11.5 Å². The normalized spacial score (nSPS) is 15.5. The second kappa shape index (κ2) is 10.5. The van der Waals surface area contributed by atoms with Crippen LogP contribution in [0.1, 0.15) is 56.3 Å². The molecule has 0 amide bonds. The number of methoxy groups -OCH3 is 2. The minimum absolute atomic E-state index is 0.203. The summed E-state index contributed by atoms with van der Waals surface area (Å²) in [7, 11) is 3.12. The highest BCUT2D eigenvalue weighted by Crippen LogP contribution is 2.37. The molecule has 36 heavy (non-hydrogen) atoms. The predicted molar refractivity (Wildman–Crippen MR) is 140 cm³/mol. The molecule has 0 saturated heterocycles. The SMILES string of the molecule is CCOC(=O)C1=C(C)N=c2s/c(=C\c3ccc(C(C)C)cc3)c(=O)n2C1c1cc(OC)ccc1OC. The van der Waals surface area contributed by atoms with Crippen LogP contribution < -0.4 is 24.4 Å². The van der Waals surface area contributed by atoms with Crippen LogP contribution in [0.25, 0.3) is 6.08 Å². The van der Waals surface area contributed by atoms with E-state index in [-0.39, 0.29) is 12.2 Å². The van der Waals surface area contributed by atoms with Gasteiger partial charge in [0.2, 0.25) is 0 Å². The molecule has 2 heterocycles. The van der Waals surface area contributed by atoms with E-state index in [1.807, 2.05) is 18.2 Å². The molecule has 7 nitrogen and oxygen atoms in total. The van der Waals surface area contributed by atoms with E-state index in [0.29, 0.717) is 43.6 Å². The number of thiazole rings is 1. The minimum Gasteiger partial charge on any atom is -0.497 e. The number of nitrogens with zero attached hydrogens (tertiary/aromatic N) is 2. The van der Waals surface area contributed by atoms with Crippen molar-refractivity contribution >= 4 is 23.4 Å². The second-order valence-electron chi connectivity index (χ2n) is 8.73. The molecule has 8 heteroatoms. The summed E-state index contributed by atoms with van der Waals surface area (Å²) in [6.07, 6.45) is 1.86. The average Bonchev–Trinajstić information content (AvgIpc) is 3.17. The van der Waals surface area contributed by atoms with Gasteiger partial charge in [0.25, 0.3) is 5.56 Å². The number of rotatable bonds is 7.